The van der Waals surface area contributed by atoms with E-state index in [1.165, 1.54) is 12.8 Å². The van der Waals surface area contributed by atoms with Gasteiger partial charge in [0, 0.05) is 13.1 Å². The van der Waals surface area contributed by atoms with E-state index in [1.54, 1.807) is 6.92 Å². The SMILES string of the molecule is CCC(CC)CN(CC)CC(C)(N)C#N. The van der Waals surface area contributed by atoms with Crippen LogP contribution in [0.5, 0.6) is 0 Å². The van der Waals surface area contributed by atoms with Crippen LogP contribution in [0.2, 0.25) is 0 Å². The predicted octanol–water partition coefficient (Wildman–Crippen LogP) is 1.99. The van der Waals surface area contributed by atoms with Crippen LogP contribution >= 0.6 is 0 Å². The molecule has 2 N–H and O–H groups in total. The number of nitriles is 1. The Balaban J connectivity index is 4.20. The Kier molecular flexibility index (Phi) is 6.55. The average molecular weight is 211 g/mol. The molecule has 0 aromatic carbocycles. The highest BCUT2D eigenvalue weighted by Gasteiger charge is 2.22. The Morgan fingerprint density at radius 1 is 1.33 bits per heavy atom. The van der Waals surface area contributed by atoms with Gasteiger partial charge < -0.3 is 10.6 Å². The van der Waals surface area contributed by atoms with E-state index in [-0.39, 0.29) is 0 Å². The van der Waals surface area contributed by atoms with E-state index in [2.05, 4.69) is 31.7 Å². The number of rotatable bonds is 7. The van der Waals surface area contributed by atoms with Gasteiger partial charge >= 0.3 is 0 Å². The quantitative estimate of drug-likeness (QED) is 0.700. The smallest absolute Gasteiger partial charge is 0.114 e. The third kappa shape index (κ3) is 5.76. The molecule has 0 saturated heterocycles. The van der Waals surface area contributed by atoms with Crippen molar-refractivity contribution in [3.63, 3.8) is 0 Å². The topological polar surface area (TPSA) is 53.0 Å². The molecule has 0 saturated carbocycles. The molecule has 0 aliphatic rings. The minimum atomic E-state index is -0.720. The Bertz CT molecular complexity index is 201. The van der Waals surface area contributed by atoms with Gasteiger partial charge in [-0.1, -0.05) is 33.6 Å². The first kappa shape index (κ1) is 14.4. The van der Waals surface area contributed by atoms with Gasteiger partial charge in [-0.05, 0) is 19.4 Å². The summed E-state index contributed by atoms with van der Waals surface area (Å²) in [4.78, 5) is 2.28. The fraction of sp³-hybridized carbons (Fsp3) is 0.917. The molecule has 15 heavy (non-hydrogen) atoms. The summed E-state index contributed by atoms with van der Waals surface area (Å²) in [6.07, 6.45) is 2.39. The van der Waals surface area contributed by atoms with Crippen molar-refractivity contribution in [1.29, 1.82) is 5.26 Å². The van der Waals surface area contributed by atoms with Crippen LogP contribution in [-0.4, -0.2) is 30.1 Å². The monoisotopic (exact) mass is 211 g/mol. The van der Waals surface area contributed by atoms with Crippen LogP contribution in [-0.2, 0) is 0 Å². The van der Waals surface area contributed by atoms with Gasteiger partial charge in [-0.3, -0.25) is 0 Å². The molecule has 0 spiro atoms. The fourth-order valence-electron chi connectivity index (χ4n) is 1.72. The van der Waals surface area contributed by atoms with Crippen LogP contribution in [0.4, 0.5) is 0 Å². The van der Waals surface area contributed by atoms with E-state index in [1.807, 2.05) is 0 Å². The van der Waals surface area contributed by atoms with Gasteiger partial charge in [0.2, 0.25) is 0 Å². The summed E-state index contributed by atoms with van der Waals surface area (Å²) in [5.74, 6) is 0.722. The maximum absolute atomic E-state index is 8.89. The summed E-state index contributed by atoms with van der Waals surface area (Å²) < 4.78 is 0. The summed E-state index contributed by atoms with van der Waals surface area (Å²) in [7, 11) is 0. The van der Waals surface area contributed by atoms with E-state index in [0.29, 0.717) is 6.54 Å². The largest absolute Gasteiger partial charge is 0.313 e. The molecule has 0 aliphatic heterocycles. The van der Waals surface area contributed by atoms with E-state index < -0.39 is 5.54 Å². The van der Waals surface area contributed by atoms with Gasteiger partial charge in [-0.25, -0.2) is 0 Å². The maximum Gasteiger partial charge on any atom is 0.114 e. The van der Waals surface area contributed by atoms with Gasteiger partial charge in [-0.2, -0.15) is 5.26 Å². The minimum absolute atomic E-state index is 0.663. The highest BCUT2D eigenvalue weighted by Crippen LogP contribution is 2.11. The number of hydrogen-bond donors (Lipinski definition) is 1. The normalized spacial score (nSPS) is 15.3. The zero-order valence-electron chi connectivity index (χ0n) is 10.6. The zero-order valence-corrected chi connectivity index (χ0v) is 10.6. The van der Waals surface area contributed by atoms with Gasteiger partial charge in [0.05, 0.1) is 6.07 Å². The number of hydrogen-bond acceptors (Lipinski definition) is 3. The minimum Gasteiger partial charge on any atom is -0.313 e. The molecule has 3 nitrogen and oxygen atoms in total. The number of nitrogens with two attached hydrogens (primary N) is 1. The molecule has 1 atom stereocenters. The zero-order chi connectivity index (χ0) is 11.9. The Labute approximate surface area is 94.2 Å². The third-order valence-electron chi connectivity index (χ3n) is 2.93. The van der Waals surface area contributed by atoms with Crippen LogP contribution in [0.3, 0.4) is 0 Å². The Morgan fingerprint density at radius 2 is 1.87 bits per heavy atom. The first-order chi connectivity index (χ1) is 6.99. The van der Waals surface area contributed by atoms with Crippen molar-refractivity contribution in [3.8, 4) is 6.07 Å². The van der Waals surface area contributed by atoms with Crippen LogP contribution in [0, 0.1) is 17.2 Å². The molecular formula is C12H25N3. The molecule has 1 unspecified atom stereocenters. The lowest BCUT2D eigenvalue weighted by molar-refractivity contribution is 0.209. The predicted molar refractivity (Wildman–Crippen MR) is 64.4 cm³/mol. The van der Waals surface area contributed by atoms with E-state index >= 15 is 0 Å². The summed E-state index contributed by atoms with van der Waals surface area (Å²) in [5.41, 5.74) is 5.13. The van der Waals surface area contributed by atoms with Crippen LogP contribution in [0.15, 0.2) is 0 Å². The standard InChI is InChI=1S/C12H25N3/c1-5-11(6-2)8-15(7-3)10-12(4,14)9-13/h11H,5-8,10,14H2,1-4H3. The average Bonchev–Trinajstić information content (AvgIpc) is 2.24. The fourth-order valence-corrected chi connectivity index (χ4v) is 1.72. The van der Waals surface area contributed by atoms with Gasteiger partial charge in [-0.15, -0.1) is 0 Å². The van der Waals surface area contributed by atoms with Crippen molar-refractivity contribution in [2.24, 2.45) is 11.7 Å². The molecule has 0 aromatic rings. The van der Waals surface area contributed by atoms with E-state index in [9.17, 15) is 0 Å². The second kappa shape index (κ2) is 6.81. The number of likely N-dealkylation sites (N-methyl/N-ethyl adjacent to an activating group) is 1. The molecule has 0 fully saturated rings. The summed E-state index contributed by atoms with van der Waals surface area (Å²) >= 11 is 0. The molecule has 0 aliphatic carbocycles. The molecule has 88 valence electrons. The molecule has 0 radical (unpaired) electrons. The maximum atomic E-state index is 8.89. The van der Waals surface area contributed by atoms with Gasteiger partial charge in [0.1, 0.15) is 5.54 Å². The molecule has 3 heteroatoms. The third-order valence-corrected chi connectivity index (χ3v) is 2.93. The summed E-state index contributed by atoms with van der Waals surface area (Å²) in [6, 6.07) is 2.15. The first-order valence-electron chi connectivity index (χ1n) is 5.91. The summed E-state index contributed by atoms with van der Waals surface area (Å²) in [6.45, 7) is 11.0. The Hall–Kier alpha value is -0.590. The van der Waals surface area contributed by atoms with Crippen molar-refractivity contribution < 1.29 is 0 Å². The molecule has 0 rings (SSSR count). The van der Waals surface area contributed by atoms with Crippen molar-refractivity contribution in [2.45, 2.75) is 46.1 Å². The van der Waals surface area contributed by atoms with Gasteiger partial charge in [0.15, 0.2) is 0 Å². The molecular weight excluding hydrogens is 186 g/mol. The summed E-state index contributed by atoms with van der Waals surface area (Å²) in [5, 5.41) is 8.89. The molecule has 0 amide bonds. The van der Waals surface area contributed by atoms with Crippen molar-refractivity contribution in [3.05, 3.63) is 0 Å². The second-order valence-electron chi connectivity index (χ2n) is 4.54. The van der Waals surface area contributed by atoms with E-state index in [4.69, 9.17) is 11.0 Å². The number of nitrogens with zero attached hydrogens (tertiary/aromatic N) is 2. The van der Waals surface area contributed by atoms with Crippen LogP contribution < -0.4 is 5.73 Å². The highest BCUT2D eigenvalue weighted by atomic mass is 15.1. The Morgan fingerprint density at radius 3 is 2.20 bits per heavy atom. The van der Waals surface area contributed by atoms with Crippen LogP contribution in [0.1, 0.15) is 40.5 Å². The first-order valence-corrected chi connectivity index (χ1v) is 5.91. The molecule has 0 bridgehead atoms. The lowest BCUT2D eigenvalue weighted by Crippen LogP contribution is -2.47. The second-order valence-corrected chi connectivity index (χ2v) is 4.54. The van der Waals surface area contributed by atoms with E-state index in [0.717, 1.165) is 19.0 Å². The van der Waals surface area contributed by atoms with Crippen molar-refractivity contribution in [1.82, 2.24) is 4.90 Å². The molecule has 0 aromatic heterocycles. The highest BCUT2D eigenvalue weighted by molar-refractivity contribution is 5.03. The van der Waals surface area contributed by atoms with Crippen LogP contribution in [0.25, 0.3) is 0 Å². The lowest BCUT2D eigenvalue weighted by atomic mass is 10.0. The van der Waals surface area contributed by atoms with Crippen molar-refractivity contribution >= 4 is 0 Å². The van der Waals surface area contributed by atoms with Gasteiger partial charge in [0.25, 0.3) is 0 Å². The lowest BCUT2D eigenvalue weighted by Gasteiger charge is -2.29. The van der Waals surface area contributed by atoms with Crippen molar-refractivity contribution in [2.75, 3.05) is 19.6 Å². The molecule has 0 heterocycles.